The number of ether oxygens (including phenoxy) is 1. The zero-order valence-electron chi connectivity index (χ0n) is 10.5. The minimum Gasteiger partial charge on any atom is -0.870 e. The number of hydrogen-bond acceptors (Lipinski definition) is 8. The van der Waals surface area contributed by atoms with E-state index in [1.54, 1.807) is 12.1 Å². The summed E-state index contributed by atoms with van der Waals surface area (Å²) in [5.41, 5.74) is -0.0160. The molecule has 0 amide bonds. The second-order valence-electron chi connectivity index (χ2n) is 2.39. The van der Waals surface area contributed by atoms with Gasteiger partial charge >= 0.3 is 52.4 Å². The van der Waals surface area contributed by atoms with Crippen LogP contribution in [-0.2, 0) is 4.79 Å². The Labute approximate surface area is 141 Å². The zero-order chi connectivity index (χ0) is 9.84. The van der Waals surface area contributed by atoms with Crippen molar-refractivity contribution in [1.82, 2.24) is 0 Å². The number of carboxylic acids is 1. The van der Waals surface area contributed by atoms with Crippen molar-refractivity contribution >= 4 is 52.4 Å². The van der Waals surface area contributed by atoms with Gasteiger partial charge in [-0.2, -0.15) is 0 Å². The molecule has 0 heterocycles. The van der Waals surface area contributed by atoms with Gasteiger partial charge in [0.05, 0.1) is 0 Å². The van der Waals surface area contributed by atoms with E-state index >= 15 is 0 Å². The first kappa shape index (κ1) is 42.7. The summed E-state index contributed by atoms with van der Waals surface area (Å²) >= 11 is 0. The average Bonchev–Trinajstić information content (AvgIpc) is 2.03. The van der Waals surface area contributed by atoms with Crippen LogP contribution in [0.15, 0.2) is 24.3 Å². The number of carboxylic acid groups (broad SMARTS) is 1. The van der Waals surface area contributed by atoms with E-state index < -0.39 is 11.9 Å². The standard InChI is InChI=1S/C9H8O4.Al.Mg.5H2O/c1-6(10)13-8-5-3-2-4-7(8)9(11)12;;;;;;;/h2-5H,1H3,(H,11,12);;;5*1H2/q;+3;+2;;;;;/p-5. The van der Waals surface area contributed by atoms with E-state index in [2.05, 4.69) is 4.74 Å². The number of carbonyl (C=O) groups excluding carboxylic acids is 1. The summed E-state index contributed by atoms with van der Waals surface area (Å²) in [7, 11) is 0. The van der Waals surface area contributed by atoms with Gasteiger partial charge in [-0.25, -0.2) is 4.79 Å². The molecule has 0 aliphatic rings. The summed E-state index contributed by atoms with van der Waals surface area (Å²) in [6.07, 6.45) is 0. The second-order valence-corrected chi connectivity index (χ2v) is 2.39. The zero-order valence-corrected chi connectivity index (χ0v) is 13.1. The number of benzene rings is 1. The van der Waals surface area contributed by atoms with Gasteiger partial charge in [0, 0.05) is 6.92 Å². The van der Waals surface area contributed by atoms with E-state index in [0.717, 1.165) is 0 Å². The molecule has 0 saturated heterocycles. The molecular formula is C9H13AlMgO9. The molecule has 0 aliphatic carbocycles. The van der Waals surface area contributed by atoms with Crippen LogP contribution in [0.1, 0.15) is 17.3 Å². The van der Waals surface area contributed by atoms with Crippen LogP contribution in [-0.4, -0.2) is 84.8 Å². The van der Waals surface area contributed by atoms with Crippen molar-refractivity contribution in [3.63, 3.8) is 0 Å². The van der Waals surface area contributed by atoms with Crippen molar-refractivity contribution < 1.29 is 46.8 Å². The van der Waals surface area contributed by atoms with Gasteiger partial charge in [0.1, 0.15) is 11.3 Å². The van der Waals surface area contributed by atoms with Crippen molar-refractivity contribution in [1.29, 1.82) is 0 Å². The third kappa shape index (κ3) is 13.7. The first-order valence-corrected chi connectivity index (χ1v) is 3.62. The number of hydrogen-bond donors (Lipinski definition) is 1. The van der Waals surface area contributed by atoms with Crippen LogP contribution in [0.3, 0.4) is 0 Å². The van der Waals surface area contributed by atoms with Crippen LogP contribution >= 0.6 is 0 Å². The molecule has 20 heavy (non-hydrogen) atoms. The Bertz CT molecular complexity index is 361. The summed E-state index contributed by atoms with van der Waals surface area (Å²) in [6, 6.07) is 5.98. The maximum Gasteiger partial charge on any atom is 3.00 e. The molecule has 0 atom stereocenters. The van der Waals surface area contributed by atoms with E-state index in [-0.39, 0.29) is 79.1 Å². The number of aromatic carboxylic acids is 1. The number of carbonyl (C=O) groups is 2. The van der Waals surface area contributed by atoms with Crippen molar-refractivity contribution in [2.45, 2.75) is 6.92 Å². The molecule has 11 heteroatoms. The number of esters is 1. The monoisotopic (exact) mass is 316 g/mol. The number of rotatable bonds is 2. The van der Waals surface area contributed by atoms with Gasteiger partial charge in [0.15, 0.2) is 0 Å². The van der Waals surface area contributed by atoms with E-state index in [1.165, 1.54) is 19.1 Å². The maximum absolute atomic E-state index is 10.6. The third-order valence-corrected chi connectivity index (χ3v) is 1.37. The predicted octanol–water partition coefficient (Wildman–Crippen LogP) is -0.335. The SMILES string of the molecule is CC(=O)Oc1ccccc1C(=O)O.[Al+3].[Mg+2].[OH-].[OH-].[OH-].[OH-].[OH-]. The first-order chi connectivity index (χ1) is 6.11. The molecule has 1 aromatic rings. The predicted molar refractivity (Wildman–Crippen MR) is 65.9 cm³/mol. The van der Waals surface area contributed by atoms with Gasteiger partial charge < -0.3 is 37.2 Å². The molecule has 0 saturated carbocycles. The van der Waals surface area contributed by atoms with Crippen molar-refractivity contribution in [2.75, 3.05) is 0 Å². The summed E-state index contributed by atoms with van der Waals surface area (Å²) in [4.78, 5) is 21.2. The number of para-hydroxylation sites is 1. The van der Waals surface area contributed by atoms with Gasteiger partial charge in [-0.1, -0.05) is 12.1 Å². The normalized spacial score (nSPS) is 6.05. The molecule has 108 valence electrons. The Kier molecular flexibility index (Phi) is 44.0. The summed E-state index contributed by atoms with van der Waals surface area (Å²) in [5, 5.41) is 8.69. The molecule has 9 nitrogen and oxygen atoms in total. The topological polar surface area (TPSA) is 214 Å². The van der Waals surface area contributed by atoms with E-state index in [1.807, 2.05) is 0 Å². The van der Waals surface area contributed by atoms with Crippen LogP contribution in [0.25, 0.3) is 0 Å². The quantitative estimate of drug-likeness (QED) is 0.428. The molecule has 1 rings (SSSR count). The van der Waals surface area contributed by atoms with Gasteiger partial charge in [-0.05, 0) is 12.1 Å². The Morgan fingerprint density at radius 1 is 1.00 bits per heavy atom. The molecule has 6 N–H and O–H groups in total. The Balaban J connectivity index is -0.0000000483. The van der Waals surface area contributed by atoms with Gasteiger partial charge in [0.2, 0.25) is 0 Å². The largest absolute Gasteiger partial charge is 3.00 e. The van der Waals surface area contributed by atoms with E-state index in [4.69, 9.17) is 5.11 Å². The fraction of sp³-hybridized carbons (Fsp3) is 0.111. The fourth-order valence-electron chi connectivity index (χ4n) is 0.887. The Morgan fingerprint density at radius 3 is 1.75 bits per heavy atom. The second kappa shape index (κ2) is 20.6. The van der Waals surface area contributed by atoms with E-state index in [0.29, 0.717) is 0 Å². The molecule has 0 spiro atoms. The van der Waals surface area contributed by atoms with Crippen LogP contribution in [0.2, 0.25) is 0 Å². The van der Waals surface area contributed by atoms with Crippen LogP contribution in [0.5, 0.6) is 5.75 Å². The third-order valence-electron chi connectivity index (χ3n) is 1.37. The minimum atomic E-state index is -1.11. The van der Waals surface area contributed by atoms with Crippen LogP contribution < -0.4 is 4.74 Å². The summed E-state index contributed by atoms with van der Waals surface area (Å²) < 4.78 is 4.69. The molecule has 0 radical (unpaired) electrons. The maximum atomic E-state index is 10.6. The molecule has 0 unspecified atom stereocenters. The molecule has 0 bridgehead atoms. The van der Waals surface area contributed by atoms with Gasteiger partial charge in [-0.15, -0.1) is 0 Å². The van der Waals surface area contributed by atoms with Gasteiger partial charge in [-0.3, -0.25) is 4.79 Å². The summed E-state index contributed by atoms with van der Waals surface area (Å²) in [5.74, 6) is -1.58. The van der Waals surface area contributed by atoms with E-state index in [9.17, 15) is 9.59 Å². The van der Waals surface area contributed by atoms with Gasteiger partial charge in [0.25, 0.3) is 0 Å². The fourth-order valence-corrected chi connectivity index (χ4v) is 0.887. The minimum absolute atomic E-state index is 0. The van der Waals surface area contributed by atoms with Crippen molar-refractivity contribution in [2.24, 2.45) is 0 Å². The molecule has 1 aromatic carbocycles. The van der Waals surface area contributed by atoms with Crippen LogP contribution in [0.4, 0.5) is 0 Å². The Hall–Kier alpha value is -0.741. The summed E-state index contributed by atoms with van der Waals surface area (Å²) in [6.45, 7) is 1.22. The molecule has 0 aromatic heterocycles. The molecule has 0 aliphatic heterocycles. The van der Waals surface area contributed by atoms with Crippen molar-refractivity contribution in [3.05, 3.63) is 29.8 Å². The smallest absolute Gasteiger partial charge is 0.870 e. The Morgan fingerprint density at radius 2 is 1.40 bits per heavy atom. The van der Waals surface area contributed by atoms with Crippen LogP contribution in [0, 0.1) is 0 Å². The molecular weight excluding hydrogens is 303 g/mol. The molecule has 0 fully saturated rings. The van der Waals surface area contributed by atoms with Crippen molar-refractivity contribution in [3.8, 4) is 5.75 Å². The first-order valence-electron chi connectivity index (χ1n) is 3.62. The average molecular weight is 316 g/mol.